The van der Waals surface area contributed by atoms with Crippen molar-refractivity contribution in [2.24, 2.45) is 0 Å². The van der Waals surface area contributed by atoms with E-state index in [1.54, 1.807) is 12.1 Å². The maximum absolute atomic E-state index is 12.1. The van der Waals surface area contributed by atoms with Crippen LogP contribution in [0.3, 0.4) is 0 Å². The highest BCUT2D eigenvalue weighted by Crippen LogP contribution is 2.27. The average molecular weight is 379 g/mol. The minimum absolute atomic E-state index is 0.111. The molecule has 0 aliphatic heterocycles. The normalized spacial score (nSPS) is 10.8. The van der Waals surface area contributed by atoms with E-state index in [9.17, 15) is 14.4 Å². The van der Waals surface area contributed by atoms with Gasteiger partial charge in [0.1, 0.15) is 5.70 Å². The number of hydrogen-bond acceptors (Lipinski definition) is 7. The van der Waals surface area contributed by atoms with Crippen molar-refractivity contribution in [3.8, 4) is 0 Å². The van der Waals surface area contributed by atoms with Gasteiger partial charge in [0.25, 0.3) is 5.91 Å². The monoisotopic (exact) mass is 378 g/mol. The summed E-state index contributed by atoms with van der Waals surface area (Å²) in [6, 6.07) is 7.62. The molecule has 2 aromatic rings. The molecule has 8 nitrogen and oxygen atoms in total. The summed E-state index contributed by atoms with van der Waals surface area (Å²) in [5, 5.41) is 5.58. The number of ether oxygens (including phenoxy) is 2. The van der Waals surface area contributed by atoms with Crippen molar-refractivity contribution in [1.29, 1.82) is 0 Å². The lowest BCUT2D eigenvalue weighted by Crippen LogP contribution is -2.16. The molecule has 0 saturated heterocycles. The molecule has 0 aliphatic carbocycles. The molecular weight excluding hydrogens is 364 g/mol. The molecular formula is C17H15ClN2O6. The van der Waals surface area contributed by atoms with Gasteiger partial charge in [-0.05, 0) is 30.3 Å². The minimum atomic E-state index is -0.772. The van der Waals surface area contributed by atoms with Crippen LogP contribution in [0.4, 0.5) is 11.4 Å². The molecule has 9 heteroatoms. The molecule has 136 valence electrons. The number of anilines is 2. The zero-order valence-electron chi connectivity index (χ0n) is 13.9. The van der Waals surface area contributed by atoms with E-state index in [1.807, 2.05) is 0 Å². The van der Waals surface area contributed by atoms with Gasteiger partial charge in [-0.2, -0.15) is 0 Å². The molecule has 0 saturated carbocycles. The molecule has 0 bridgehead atoms. The largest absolute Gasteiger partial charge is 0.466 e. The Morgan fingerprint density at radius 3 is 2.50 bits per heavy atom. The third kappa shape index (κ3) is 4.87. The number of nitrogens with one attached hydrogen (secondary N) is 2. The van der Waals surface area contributed by atoms with Crippen LogP contribution in [0.25, 0.3) is 0 Å². The Morgan fingerprint density at radius 2 is 1.88 bits per heavy atom. The number of methoxy groups -OCH3 is 2. The van der Waals surface area contributed by atoms with Gasteiger partial charge >= 0.3 is 11.9 Å². The predicted octanol–water partition coefficient (Wildman–Crippen LogP) is 2.83. The Balaban J connectivity index is 2.24. The van der Waals surface area contributed by atoms with Crippen molar-refractivity contribution in [1.82, 2.24) is 0 Å². The summed E-state index contributed by atoms with van der Waals surface area (Å²) in [7, 11) is 2.35. The summed E-state index contributed by atoms with van der Waals surface area (Å²) in [4.78, 5) is 35.2. The fraction of sp³-hybridized carbons (Fsp3) is 0.118. The Morgan fingerprint density at radius 1 is 1.12 bits per heavy atom. The summed E-state index contributed by atoms with van der Waals surface area (Å²) >= 11 is 6.08. The van der Waals surface area contributed by atoms with E-state index in [0.717, 1.165) is 6.08 Å². The average Bonchev–Trinajstić information content (AvgIpc) is 3.17. The lowest BCUT2D eigenvalue weighted by atomic mass is 10.2. The molecule has 1 aromatic carbocycles. The van der Waals surface area contributed by atoms with Crippen LogP contribution in [0.2, 0.25) is 5.02 Å². The first-order chi connectivity index (χ1) is 12.4. The number of amides is 1. The highest BCUT2D eigenvalue weighted by molar-refractivity contribution is 6.34. The van der Waals surface area contributed by atoms with Crippen LogP contribution in [0.15, 0.2) is 52.8 Å². The predicted molar refractivity (Wildman–Crippen MR) is 93.9 cm³/mol. The van der Waals surface area contributed by atoms with Crippen LogP contribution in [-0.4, -0.2) is 32.1 Å². The molecule has 0 atom stereocenters. The van der Waals surface area contributed by atoms with Gasteiger partial charge in [-0.1, -0.05) is 11.6 Å². The topological polar surface area (TPSA) is 107 Å². The number of benzene rings is 1. The molecule has 2 N–H and O–H groups in total. The zero-order valence-corrected chi connectivity index (χ0v) is 14.6. The van der Waals surface area contributed by atoms with E-state index in [4.69, 9.17) is 16.0 Å². The van der Waals surface area contributed by atoms with Crippen molar-refractivity contribution in [2.45, 2.75) is 0 Å². The zero-order chi connectivity index (χ0) is 19.1. The first kappa shape index (κ1) is 19.1. The van der Waals surface area contributed by atoms with Gasteiger partial charge in [0.05, 0.1) is 37.3 Å². The van der Waals surface area contributed by atoms with Gasteiger partial charge < -0.3 is 24.5 Å². The van der Waals surface area contributed by atoms with Gasteiger partial charge in [-0.15, -0.1) is 0 Å². The summed E-state index contributed by atoms with van der Waals surface area (Å²) in [5.74, 6) is -1.89. The van der Waals surface area contributed by atoms with Crippen LogP contribution >= 0.6 is 11.6 Å². The lowest BCUT2D eigenvalue weighted by molar-refractivity contribution is -0.138. The van der Waals surface area contributed by atoms with Crippen molar-refractivity contribution in [3.05, 3.63) is 59.2 Å². The molecule has 0 aliphatic rings. The van der Waals surface area contributed by atoms with Crippen LogP contribution in [-0.2, 0) is 19.1 Å². The van der Waals surface area contributed by atoms with Crippen LogP contribution < -0.4 is 10.6 Å². The molecule has 0 radical (unpaired) electrons. The molecule has 26 heavy (non-hydrogen) atoms. The van der Waals surface area contributed by atoms with Crippen molar-refractivity contribution in [3.63, 3.8) is 0 Å². The van der Waals surface area contributed by atoms with Gasteiger partial charge in [0.2, 0.25) is 0 Å². The van der Waals surface area contributed by atoms with Gasteiger partial charge in [0, 0.05) is 5.69 Å². The number of carbonyl (C=O) groups excluding carboxylic acids is 3. The molecule has 1 aromatic heterocycles. The van der Waals surface area contributed by atoms with E-state index in [0.29, 0.717) is 5.69 Å². The molecule has 2 rings (SSSR count). The summed E-state index contributed by atoms with van der Waals surface area (Å²) in [5.41, 5.74) is 0.509. The summed E-state index contributed by atoms with van der Waals surface area (Å²) in [6.45, 7) is 0. The third-order valence-electron chi connectivity index (χ3n) is 3.11. The maximum atomic E-state index is 12.1. The van der Waals surface area contributed by atoms with Crippen molar-refractivity contribution < 1.29 is 28.3 Å². The highest BCUT2D eigenvalue weighted by Gasteiger charge is 2.15. The maximum Gasteiger partial charge on any atom is 0.354 e. The number of esters is 2. The first-order valence-corrected chi connectivity index (χ1v) is 7.61. The van der Waals surface area contributed by atoms with Gasteiger partial charge in [-0.25, -0.2) is 9.59 Å². The number of rotatable bonds is 6. The fourth-order valence-corrected chi connectivity index (χ4v) is 2.04. The SMILES string of the molecule is COC(=O)/C=C(/Nc1ccc(Cl)c(NC(=O)c2ccco2)c1)C(=O)OC. The van der Waals surface area contributed by atoms with Crippen LogP contribution in [0.5, 0.6) is 0 Å². The quantitative estimate of drug-likeness (QED) is 0.587. The Hall–Kier alpha value is -3.26. The Labute approximate surface area is 153 Å². The van der Waals surface area contributed by atoms with E-state index in [2.05, 4.69) is 20.1 Å². The van der Waals surface area contributed by atoms with Crippen LogP contribution in [0, 0.1) is 0 Å². The number of furan rings is 1. The van der Waals surface area contributed by atoms with Gasteiger partial charge in [0.15, 0.2) is 5.76 Å². The third-order valence-corrected chi connectivity index (χ3v) is 3.44. The molecule has 1 heterocycles. The highest BCUT2D eigenvalue weighted by atomic mass is 35.5. The second kappa shape index (κ2) is 8.72. The fourth-order valence-electron chi connectivity index (χ4n) is 1.88. The molecule has 0 unspecified atom stereocenters. The van der Waals surface area contributed by atoms with E-state index in [1.165, 1.54) is 38.7 Å². The number of hydrogen-bond donors (Lipinski definition) is 2. The number of halogens is 1. The summed E-state index contributed by atoms with van der Waals surface area (Å²) in [6.07, 6.45) is 2.32. The van der Waals surface area contributed by atoms with Crippen molar-refractivity contribution >= 4 is 40.8 Å². The van der Waals surface area contributed by atoms with E-state index >= 15 is 0 Å². The van der Waals surface area contributed by atoms with Crippen molar-refractivity contribution in [2.75, 3.05) is 24.9 Å². The van der Waals surface area contributed by atoms with E-state index in [-0.39, 0.29) is 22.2 Å². The Kier molecular flexibility index (Phi) is 6.40. The molecule has 0 spiro atoms. The van der Waals surface area contributed by atoms with E-state index < -0.39 is 17.8 Å². The second-order valence-electron chi connectivity index (χ2n) is 4.82. The standard InChI is InChI=1S/C17H15ClN2O6/c1-24-15(21)9-13(17(23)25-2)19-10-5-6-11(18)12(8-10)20-16(22)14-4-3-7-26-14/h3-9,19H,1-2H3,(H,20,22)/b13-9+. The Bertz CT molecular complexity index is 845. The molecule has 0 fully saturated rings. The second-order valence-corrected chi connectivity index (χ2v) is 5.23. The minimum Gasteiger partial charge on any atom is -0.466 e. The first-order valence-electron chi connectivity index (χ1n) is 7.24. The smallest absolute Gasteiger partial charge is 0.354 e. The van der Waals surface area contributed by atoms with Gasteiger partial charge in [-0.3, -0.25) is 4.79 Å². The van der Waals surface area contributed by atoms with Crippen LogP contribution in [0.1, 0.15) is 10.6 Å². The lowest BCUT2D eigenvalue weighted by Gasteiger charge is -2.12. The molecule has 1 amide bonds. The number of carbonyl (C=O) groups is 3. The summed E-state index contributed by atoms with van der Waals surface area (Å²) < 4.78 is 14.1.